The summed E-state index contributed by atoms with van der Waals surface area (Å²) in [6.07, 6.45) is 0.962. The molecule has 1 aromatic carbocycles. The fourth-order valence-corrected chi connectivity index (χ4v) is 3.94. The van der Waals surface area contributed by atoms with E-state index in [0.717, 1.165) is 12.1 Å². The SMILES string of the molecule is Cc1c(CC(=O)NCCC(=O)Nc2ccc(CN=[N+]=[N-])nc2)c(=O)oc2cc(N)c(S(=O)(=O)O)cc12. The topological polar surface area (TPSA) is 230 Å². The van der Waals surface area contributed by atoms with Crippen LogP contribution < -0.4 is 22.0 Å². The number of hydrogen-bond acceptors (Lipinski definition) is 9. The number of nitrogens with one attached hydrogen (secondary N) is 2. The molecule has 15 heteroatoms. The van der Waals surface area contributed by atoms with E-state index in [1.165, 1.54) is 13.1 Å². The summed E-state index contributed by atoms with van der Waals surface area (Å²) in [4.78, 5) is 43.0. The van der Waals surface area contributed by atoms with Gasteiger partial charge in [0.25, 0.3) is 10.1 Å². The number of hydrogen-bond donors (Lipinski definition) is 4. The highest BCUT2D eigenvalue weighted by atomic mass is 32.2. The molecular weight excluding hydrogens is 494 g/mol. The molecule has 2 amide bonds. The van der Waals surface area contributed by atoms with Crippen molar-refractivity contribution >= 4 is 44.3 Å². The van der Waals surface area contributed by atoms with Gasteiger partial charge < -0.3 is 20.8 Å². The van der Waals surface area contributed by atoms with E-state index in [1.54, 1.807) is 12.1 Å². The molecule has 0 spiro atoms. The number of nitrogen functional groups attached to an aromatic ring is 1. The summed E-state index contributed by atoms with van der Waals surface area (Å²) >= 11 is 0. The van der Waals surface area contributed by atoms with Crippen molar-refractivity contribution in [3.05, 3.63) is 68.1 Å². The number of benzene rings is 1. The van der Waals surface area contributed by atoms with E-state index >= 15 is 0 Å². The standard InChI is InChI=1S/C21H21N7O7S/c1-11-14-6-18(36(32,33)34)16(22)8-17(14)35-21(31)15(11)7-20(30)24-5-4-19(29)27-13-3-2-12(25-9-13)10-26-28-23/h2-3,6,8-9H,4-5,7,10,22H2,1H3,(H,24,30)(H,27,29)(H,32,33,34). The largest absolute Gasteiger partial charge is 0.422 e. The van der Waals surface area contributed by atoms with E-state index in [-0.39, 0.29) is 53.7 Å². The summed E-state index contributed by atoms with van der Waals surface area (Å²) in [7, 11) is -4.62. The molecule has 0 saturated carbocycles. The number of nitrogens with two attached hydrogens (primary N) is 1. The van der Waals surface area contributed by atoms with Crippen molar-refractivity contribution in [1.29, 1.82) is 0 Å². The minimum absolute atomic E-state index is 0.00328. The van der Waals surface area contributed by atoms with Crippen LogP contribution in [0.5, 0.6) is 0 Å². The van der Waals surface area contributed by atoms with Crippen LogP contribution in [0.1, 0.15) is 23.2 Å². The van der Waals surface area contributed by atoms with Crippen LogP contribution >= 0.6 is 0 Å². The number of aromatic nitrogens is 1. The highest BCUT2D eigenvalue weighted by Gasteiger charge is 2.20. The minimum Gasteiger partial charge on any atom is -0.422 e. The molecular formula is C21H21N7O7S. The van der Waals surface area contributed by atoms with E-state index in [2.05, 4.69) is 25.6 Å². The van der Waals surface area contributed by atoms with Crippen molar-refractivity contribution in [1.82, 2.24) is 10.3 Å². The van der Waals surface area contributed by atoms with Crippen molar-refractivity contribution < 1.29 is 27.0 Å². The molecule has 3 rings (SSSR count). The molecule has 0 aliphatic heterocycles. The summed E-state index contributed by atoms with van der Waals surface area (Å²) in [5, 5.41) is 8.72. The molecule has 2 aromatic heterocycles. The Morgan fingerprint density at radius 3 is 2.67 bits per heavy atom. The predicted octanol–water partition coefficient (Wildman–Crippen LogP) is 1.82. The summed E-state index contributed by atoms with van der Waals surface area (Å²) in [6.45, 7) is 1.57. The highest BCUT2D eigenvalue weighted by molar-refractivity contribution is 7.86. The molecule has 0 aliphatic carbocycles. The van der Waals surface area contributed by atoms with Crippen LogP contribution in [0.15, 0.2) is 49.7 Å². The maximum absolute atomic E-state index is 12.4. The normalized spacial score (nSPS) is 11.1. The second kappa shape index (κ2) is 10.9. The molecule has 0 unspecified atom stereocenters. The number of nitrogens with zero attached hydrogens (tertiary/aromatic N) is 4. The summed E-state index contributed by atoms with van der Waals surface area (Å²) < 4.78 is 37.6. The Morgan fingerprint density at radius 2 is 2.03 bits per heavy atom. The molecule has 5 N–H and O–H groups in total. The van der Waals surface area contributed by atoms with Gasteiger partial charge in [-0.15, -0.1) is 0 Å². The van der Waals surface area contributed by atoms with Crippen LogP contribution in [0, 0.1) is 6.92 Å². The van der Waals surface area contributed by atoms with Gasteiger partial charge in [-0.25, -0.2) is 4.79 Å². The maximum Gasteiger partial charge on any atom is 0.340 e. The smallest absolute Gasteiger partial charge is 0.340 e. The first-order valence-electron chi connectivity index (χ1n) is 10.3. The zero-order valence-electron chi connectivity index (χ0n) is 18.9. The Hall–Kier alpha value is -4.46. The van der Waals surface area contributed by atoms with Gasteiger partial charge in [-0.05, 0) is 36.2 Å². The van der Waals surface area contributed by atoms with Gasteiger partial charge in [0.2, 0.25) is 11.8 Å². The molecule has 0 fully saturated rings. The van der Waals surface area contributed by atoms with E-state index < -0.39 is 32.5 Å². The Kier molecular flexibility index (Phi) is 7.89. The molecule has 0 radical (unpaired) electrons. The zero-order chi connectivity index (χ0) is 26.5. The lowest BCUT2D eigenvalue weighted by atomic mass is 10.0. The maximum atomic E-state index is 12.4. The minimum atomic E-state index is -4.62. The average Bonchev–Trinajstić information content (AvgIpc) is 2.80. The van der Waals surface area contributed by atoms with Gasteiger partial charge in [-0.1, -0.05) is 5.11 Å². The Bertz CT molecular complexity index is 1540. The van der Waals surface area contributed by atoms with Gasteiger partial charge in [-0.2, -0.15) is 8.42 Å². The monoisotopic (exact) mass is 515 g/mol. The summed E-state index contributed by atoms with van der Waals surface area (Å²) in [6, 6.07) is 5.37. The highest BCUT2D eigenvalue weighted by Crippen LogP contribution is 2.28. The van der Waals surface area contributed by atoms with Crippen LogP contribution in [0.3, 0.4) is 0 Å². The molecule has 14 nitrogen and oxygen atoms in total. The lowest BCUT2D eigenvalue weighted by molar-refractivity contribution is -0.120. The number of aryl methyl sites for hydroxylation is 1. The van der Waals surface area contributed by atoms with Crippen molar-refractivity contribution in [2.75, 3.05) is 17.6 Å². The first-order valence-corrected chi connectivity index (χ1v) is 11.8. The third kappa shape index (κ3) is 6.35. The third-order valence-electron chi connectivity index (χ3n) is 5.11. The zero-order valence-corrected chi connectivity index (χ0v) is 19.7. The van der Waals surface area contributed by atoms with Crippen LogP contribution in [0.25, 0.3) is 21.4 Å². The first-order chi connectivity index (χ1) is 17.0. The number of fused-ring (bicyclic) bond motifs is 1. The van der Waals surface area contributed by atoms with Crippen molar-refractivity contribution in [3.63, 3.8) is 0 Å². The van der Waals surface area contributed by atoms with Gasteiger partial charge in [0.15, 0.2) is 0 Å². The van der Waals surface area contributed by atoms with Gasteiger partial charge >= 0.3 is 5.63 Å². The van der Waals surface area contributed by atoms with Gasteiger partial charge in [0, 0.05) is 35.0 Å². The number of rotatable bonds is 9. The van der Waals surface area contributed by atoms with Crippen molar-refractivity contribution in [3.8, 4) is 0 Å². The van der Waals surface area contributed by atoms with Gasteiger partial charge in [-0.3, -0.25) is 19.1 Å². The lowest BCUT2D eigenvalue weighted by Gasteiger charge is -2.11. The summed E-state index contributed by atoms with van der Waals surface area (Å²) in [5.41, 5.74) is 14.1. The van der Waals surface area contributed by atoms with Gasteiger partial charge in [0.1, 0.15) is 10.5 Å². The van der Waals surface area contributed by atoms with E-state index in [1.807, 2.05) is 0 Å². The number of carbonyl (C=O) groups excluding carboxylic acids is 2. The van der Waals surface area contributed by atoms with Crippen LogP contribution in [0.4, 0.5) is 11.4 Å². The van der Waals surface area contributed by atoms with Crippen molar-refractivity contribution in [2.24, 2.45) is 5.11 Å². The van der Waals surface area contributed by atoms with E-state index in [4.69, 9.17) is 15.7 Å². The van der Waals surface area contributed by atoms with Crippen LogP contribution in [-0.4, -0.2) is 36.3 Å². The Morgan fingerprint density at radius 1 is 1.28 bits per heavy atom. The molecule has 36 heavy (non-hydrogen) atoms. The number of amides is 2. The second-order valence-corrected chi connectivity index (χ2v) is 9.00. The number of azide groups is 1. The van der Waals surface area contributed by atoms with Crippen LogP contribution in [0.2, 0.25) is 0 Å². The van der Waals surface area contributed by atoms with E-state index in [0.29, 0.717) is 11.4 Å². The quantitative estimate of drug-likeness (QED) is 0.0811. The molecule has 0 atom stereocenters. The fraction of sp³-hybridized carbons (Fsp3) is 0.238. The lowest BCUT2D eigenvalue weighted by Crippen LogP contribution is -2.30. The number of pyridine rings is 1. The summed E-state index contributed by atoms with van der Waals surface area (Å²) in [5.74, 6) is -0.955. The molecule has 2 heterocycles. The number of carbonyl (C=O) groups is 2. The molecule has 0 saturated heterocycles. The third-order valence-corrected chi connectivity index (χ3v) is 6.02. The van der Waals surface area contributed by atoms with Crippen LogP contribution in [-0.2, 0) is 32.7 Å². The molecule has 0 aliphatic rings. The van der Waals surface area contributed by atoms with E-state index in [9.17, 15) is 27.4 Å². The first kappa shape index (κ1) is 26.2. The Balaban J connectivity index is 1.62. The number of anilines is 2. The predicted molar refractivity (Wildman–Crippen MR) is 128 cm³/mol. The average molecular weight is 516 g/mol. The van der Waals surface area contributed by atoms with Crippen molar-refractivity contribution in [2.45, 2.75) is 31.2 Å². The molecule has 3 aromatic rings. The second-order valence-electron chi connectivity index (χ2n) is 7.61. The van der Waals surface area contributed by atoms with Gasteiger partial charge in [0.05, 0.1) is 36.1 Å². The fourth-order valence-electron chi connectivity index (χ4n) is 3.32. The molecule has 0 bridgehead atoms. The Labute approximate surface area is 203 Å². The molecule has 188 valence electrons.